The summed E-state index contributed by atoms with van der Waals surface area (Å²) >= 11 is 4.46. The average molecular weight is 563 g/mol. The molecular weight excluding hydrogens is 500 g/mol. The summed E-state index contributed by atoms with van der Waals surface area (Å²) in [5.41, 5.74) is 1.71. The molecule has 2 unspecified atom stereocenters. The summed E-state index contributed by atoms with van der Waals surface area (Å²) in [4.78, 5) is 15.9. The first-order valence-electron chi connectivity index (χ1n) is 14.9. The lowest BCUT2D eigenvalue weighted by Gasteiger charge is -2.53. The number of thiol groups is 1. The first-order chi connectivity index (χ1) is 17.7. The number of rotatable bonds is 15. The van der Waals surface area contributed by atoms with Gasteiger partial charge in [-0.2, -0.15) is 12.6 Å². The number of likely N-dealkylation sites (N-methyl/N-ethyl adjacent to an activating group) is 1. The van der Waals surface area contributed by atoms with Crippen LogP contribution >= 0.6 is 12.6 Å². The maximum atomic E-state index is 13.8. The van der Waals surface area contributed by atoms with Crippen molar-refractivity contribution in [2.75, 3.05) is 40.3 Å². The van der Waals surface area contributed by atoms with Crippen LogP contribution in [0.15, 0.2) is 24.3 Å². The largest absolute Gasteiger partial charge is 0.465 e. The van der Waals surface area contributed by atoms with Crippen molar-refractivity contribution in [3.8, 4) is 0 Å². The molecule has 4 nitrogen and oxygen atoms in total. The highest BCUT2D eigenvalue weighted by Crippen LogP contribution is 2.59. The molecule has 1 aromatic carbocycles. The van der Waals surface area contributed by atoms with Gasteiger partial charge in [0.05, 0.1) is 12.0 Å². The Labute approximate surface area is 247 Å². The third kappa shape index (κ3) is 10.4. The molecule has 0 bridgehead atoms. The average Bonchev–Trinajstić information content (AvgIpc) is 2.79. The van der Waals surface area contributed by atoms with Crippen molar-refractivity contribution in [3.05, 3.63) is 35.4 Å². The van der Waals surface area contributed by atoms with Crippen LogP contribution in [0.25, 0.3) is 0 Å². The van der Waals surface area contributed by atoms with Crippen molar-refractivity contribution >= 4 is 18.6 Å². The molecule has 0 aromatic heterocycles. The van der Waals surface area contributed by atoms with E-state index in [9.17, 15) is 4.79 Å². The number of hydrogen-bond donors (Lipinski definition) is 2. The fraction of sp³-hybridized carbons (Fsp3) is 0.794. The quantitative estimate of drug-likeness (QED) is 0.128. The molecule has 5 heteroatoms. The van der Waals surface area contributed by atoms with Gasteiger partial charge in [0.15, 0.2) is 0 Å². The summed E-state index contributed by atoms with van der Waals surface area (Å²) in [7, 11) is 4.15. The molecule has 1 aromatic rings. The number of benzene rings is 1. The van der Waals surface area contributed by atoms with E-state index in [1.54, 1.807) is 0 Å². The SMILES string of the molecule is CN(C)CCNCCCOC(=O)C(C)(CC(C)(C)C(C)(C)C(CC(C)(C)C)c1ccc(CS)cc1)C(C)(C)C. The van der Waals surface area contributed by atoms with Gasteiger partial charge in [-0.25, -0.2) is 0 Å². The molecule has 0 aliphatic heterocycles. The second kappa shape index (κ2) is 14.2. The van der Waals surface area contributed by atoms with E-state index in [-0.39, 0.29) is 27.6 Å². The molecule has 0 radical (unpaired) electrons. The highest BCUT2D eigenvalue weighted by molar-refractivity contribution is 7.79. The number of nitrogens with one attached hydrogen (secondary N) is 1. The molecule has 0 aliphatic carbocycles. The lowest BCUT2D eigenvalue weighted by molar-refractivity contribution is -0.167. The minimum Gasteiger partial charge on any atom is -0.465 e. The predicted molar refractivity (Wildman–Crippen MR) is 173 cm³/mol. The van der Waals surface area contributed by atoms with Crippen LogP contribution in [0.2, 0.25) is 0 Å². The zero-order valence-corrected chi connectivity index (χ0v) is 28.6. The third-order valence-electron chi connectivity index (χ3n) is 9.36. The Morgan fingerprint density at radius 2 is 1.49 bits per heavy atom. The van der Waals surface area contributed by atoms with Gasteiger partial charge < -0.3 is 15.0 Å². The standard InChI is InChI=1S/C34H62N2O2S/c1-30(2,3)23-28(27-17-15-26(24-39)16-18-27)33(9,10)32(7,8)25-34(11,31(4,5)6)29(37)38-22-14-19-35-20-21-36(12)13/h15-18,28,35,39H,14,19-25H2,1-13H3. The van der Waals surface area contributed by atoms with Gasteiger partial charge in [0, 0.05) is 18.8 Å². The number of nitrogens with zero attached hydrogens (tertiary/aromatic N) is 1. The van der Waals surface area contributed by atoms with Gasteiger partial charge >= 0.3 is 5.97 Å². The number of hydrogen-bond acceptors (Lipinski definition) is 5. The van der Waals surface area contributed by atoms with Gasteiger partial charge in [0.1, 0.15) is 0 Å². The molecule has 2 atom stereocenters. The van der Waals surface area contributed by atoms with Gasteiger partial charge in [-0.1, -0.05) is 93.5 Å². The molecule has 0 spiro atoms. The van der Waals surface area contributed by atoms with Crippen LogP contribution in [0, 0.1) is 27.1 Å². The highest BCUT2D eigenvalue weighted by Gasteiger charge is 2.54. The van der Waals surface area contributed by atoms with Crippen molar-refractivity contribution in [1.82, 2.24) is 10.2 Å². The summed E-state index contributed by atoms with van der Waals surface area (Å²) in [5.74, 6) is 1.02. The fourth-order valence-electron chi connectivity index (χ4n) is 5.43. The van der Waals surface area contributed by atoms with Crippen LogP contribution in [-0.4, -0.2) is 51.2 Å². The maximum Gasteiger partial charge on any atom is 0.312 e. The first kappa shape index (κ1) is 36.0. The van der Waals surface area contributed by atoms with E-state index in [1.165, 1.54) is 11.1 Å². The van der Waals surface area contributed by atoms with Crippen molar-refractivity contribution in [3.63, 3.8) is 0 Å². The van der Waals surface area contributed by atoms with Crippen molar-refractivity contribution in [2.45, 2.75) is 107 Å². The summed E-state index contributed by atoms with van der Waals surface area (Å²) < 4.78 is 5.97. The monoisotopic (exact) mass is 562 g/mol. The summed E-state index contributed by atoms with van der Waals surface area (Å²) in [6.07, 6.45) is 2.65. The van der Waals surface area contributed by atoms with Crippen LogP contribution in [-0.2, 0) is 15.3 Å². The van der Waals surface area contributed by atoms with E-state index in [4.69, 9.17) is 4.74 Å². The normalized spacial score (nSPS) is 15.8. The minimum atomic E-state index is -0.617. The molecule has 0 amide bonds. The Balaban J connectivity index is 3.19. The van der Waals surface area contributed by atoms with Crippen molar-refractivity contribution in [1.29, 1.82) is 0 Å². The maximum absolute atomic E-state index is 13.8. The molecule has 0 fully saturated rings. The van der Waals surface area contributed by atoms with Gasteiger partial charge in [-0.3, -0.25) is 4.79 Å². The minimum absolute atomic E-state index is 0.0716. The molecule has 39 heavy (non-hydrogen) atoms. The number of carbonyl (C=O) groups excluding carboxylic acids is 1. The molecule has 0 saturated carbocycles. The second-order valence-corrected chi connectivity index (χ2v) is 15.9. The van der Waals surface area contributed by atoms with E-state index < -0.39 is 5.41 Å². The van der Waals surface area contributed by atoms with E-state index in [2.05, 4.69) is 137 Å². The van der Waals surface area contributed by atoms with Crippen LogP contribution in [0.4, 0.5) is 0 Å². The highest BCUT2D eigenvalue weighted by atomic mass is 32.1. The van der Waals surface area contributed by atoms with E-state index in [1.807, 2.05) is 0 Å². The summed E-state index contributed by atoms with van der Waals surface area (Å²) in [6, 6.07) is 9.02. The summed E-state index contributed by atoms with van der Waals surface area (Å²) in [6.45, 7) is 28.4. The van der Waals surface area contributed by atoms with Crippen LogP contribution < -0.4 is 5.32 Å². The van der Waals surface area contributed by atoms with Crippen molar-refractivity contribution in [2.24, 2.45) is 27.1 Å². The summed E-state index contributed by atoms with van der Waals surface area (Å²) in [5, 5.41) is 3.43. The van der Waals surface area contributed by atoms with E-state index in [0.717, 1.165) is 44.6 Å². The van der Waals surface area contributed by atoms with Gasteiger partial charge in [0.25, 0.3) is 0 Å². The molecule has 0 saturated heterocycles. The lowest BCUT2D eigenvalue weighted by atomic mass is 9.50. The van der Waals surface area contributed by atoms with E-state index >= 15 is 0 Å². The Morgan fingerprint density at radius 1 is 0.923 bits per heavy atom. The topological polar surface area (TPSA) is 41.6 Å². The number of carbonyl (C=O) groups is 1. The zero-order valence-electron chi connectivity index (χ0n) is 27.8. The predicted octanol–water partition coefficient (Wildman–Crippen LogP) is 8.22. The fourth-order valence-corrected chi connectivity index (χ4v) is 5.64. The van der Waals surface area contributed by atoms with Gasteiger partial charge in [-0.05, 0) is 85.5 Å². The molecule has 1 N–H and O–H groups in total. The van der Waals surface area contributed by atoms with Gasteiger partial charge in [-0.15, -0.1) is 0 Å². The lowest BCUT2D eigenvalue weighted by Crippen LogP contribution is -2.49. The number of ether oxygens (including phenoxy) is 1. The molecule has 0 heterocycles. The second-order valence-electron chi connectivity index (χ2n) is 15.6. The molecule has 0 aliphatic rings. The van der Waals surface area contributed by atoms with E-state index in [0.29, 0.717) is 12.5 Å². The Hall–Kier alpha value is -1.04. The zero-order chi connectivity index (χ0) is 30.3. The Bertz CT molecular complexity index is 878. The Morgan fingerprint density at radius 3 is 1.95 bits per heavy atom. The van der Waals surface area contributed by atoms with Crippen LogP contribution in [0.3, 0.4) is 0 Å². The molecule has 226 valence electrons. The molecule has 1 rings (SSSR count). The van der Waals surface area contributed by atoms with Crippen molar-refractivity contribution < 1.29 is 9.53 Å². The smallest absolute Gasteiger partial charge is 0.312 e. The van der Waals surface area contributed by atoms with Crippen LogP contribution in [0.1, 0.15) is 112 Å². The van der Waals surface area contributed by atoms with Crippen LogP contribution in [0.5, 0.6) is 0 Å². The first-order valence-corrected chi connectivity index (χ1v) is 15.5. The molecular formula is C34H62N2O2S. The third-order valence-corrected chi connectivity index (χ3v) is 9.73. The van der Waals surface area contributed by atoms with Gasteiger partial charge in [0.2, 0.25) is 0 Å². The number of esters is 1. The Kier molecular flexibility index (Phi) is 13.1.